The molecule has 0 radical (unpaired) electrons. The second-order valence-electron chi connectivity index (χ2n) is 8.19. The molecule has 0 saturated heterocycles. The predicted octanol–water partition coefficient (Wildman–Crippen LogP) is 5.20. The van der Waals surface area contributed by atoms with Crippen LogP contribution in [0.3, 0.4) is 0 Å². The number of aliphatic imine (C=N–C) groups is 1. The summed E-state index contributed by atoms with van der Waals surface area (Å²) < 4.78 is 2.19. The molecule has 0 spiro atoms. The Hall–Kier alpha value is -3.78. The van der Waals surface area contributed by atoms with E-state index in [4.69, 9.17) is 27.7 Å². The zero-order valence-electron chi connectivity index (χ0n) is 18.0. The maximum absolute atomic E-state index is 7.10. The number of fused-ring (bicyclic) bond motifs is 1. The van der Waals surface area contributed by atoms with Crippen molar-refractivity contribution in [1.82, 2.24) is 19.5 Å². The zero-order valence-corrected chi connectivity index (χ0v) is 18.7. The van der Waals surface area contributed by atoms with E-state index in [1.165, 1.54) is 6.34 Å². The van der Waals surface area contributed by atoms with E-state index in [0.29, 0.717) is 10.7 Å². The topological polar surface area (TPSA) is 118 Å². The number of rotatable bonds is 5. The maximum Gasteiger partial charge on any atom is 0.219 e. The van der Waals surface area contributed by atoms with Crippen LogP contribution in [0.1, 0.15) is 20.8 Å². The summed E-state index contributed by atoms with van der Waals surface area (Å²) in [4.78, 5) is 17.0. The Morgan fingerprint density at radius 1 is 1.12 bits per heavy atom. The molecule has 32 heavy (non-hydrogen) atoms. The second-order valence-corrected chi connectivity index (χ2v) is 8.60. The van der Waals surface area contributed by atoms with Gasteiger partial charge in [-0.2, -0.15) is 0 Å². The van der Waals surface area contributed by atoms with Gasteiger partial charge in [0.2, 0.25) is 5.95 Å². The van der Waals surface area contributed by atoms with Crippen molar-refractivity contribution in [3.63, 3.8) is 0 Å². The molecule has 0 aliphatic heterocycles. The second kappa shape index (κ2) is 8.39. The van der Waals surface area contributed by atoms with E-state index in [2.05, 4.69) is 51.7 Å². The van der Waals surface area contributed by atoms with E-state index in [1.54, 1.807) is 18.5 Å². The molecule has 0 unspecified atom stereocenters. The highest BCUT2D eigenvalue weighted by molar-refractivity contribution is 6.34. The van der Waals surface area contributed by atoms with Crippen molar-refractivity contribution < 1.29 is 0 Å². The number of anilines is 2. The summed E-state index contributed by atoms with van der Waals surface area (Å²) >= 11 is 6.50. The Balaban J connectivity index is 1.94. The fourth-order valence-electron chi connectivity index (χ4n) is 3.60. The molecule has 2 heterocycles. The van der Waals surface area contributed by atoms with Crippen molar-refractivity contribution >= 4 is 46.9 Å². The van der Waals surface area contributed by atoms with Gasteiger partial charge in [0, 0.05) is 29.1 Å². The number of nitrogen functional groups attached to an aromatic ring is 1. The normalized spacial score (nSPS) is 11.9. The molecule has 8 nitrogen and oxygen atoms in total. The van der Waals surface area contributed by atoms with Gasteiger partial charge in [-0.25, -0.2) is 19.9 Å². The molecule has 0 aliphatic carbocycles. The molecule has 0 atom stereocenters. The maximum atomic E-state index is 7.10. The number of aromatic nitrogens is 4. The number of nitrogens with one attached hydrogen (secondary N) is 2. The molecule has 4 rings (SSSR count). The number of nitrogens with zero attached hydrogens (tertiary/aromatic N) is 5. The van der Waals surface area contributed by atoms with Gasteiger partial charge in [-0.3, -0.25) is 5.41 Å². The Morgan fingerprint density at radius 3 is 2.56 bits per heavy atom. The SMILES string of the molecule is CC(C)(C)n1c(-c2cccc(Cl)c2N/C=N\C=N)nc2cc(-c3cnc(N)nc3)ccc21. The number of imidazole rings is 1. The zero-order chi connectivity index (χ0) is 22.9. The van der Waals surface area contributed by atoms with E-state index < -0.39 is 0 Å². The van der Waals surface area contributed by atoms with Crippen molar-refractivity contribution in [1.29, 1.82) is 5.41 Å². The van der Waals surface area contributed by atoms with Crippen molar-refractivity contribution in [2.75, 3.05) is 11.1 Å². The van der Waals surface area contributed by atoms with Crippen LogP contribution >= 0.6 is 11.6 Å². The van der Waals surface area contributed by atoms with Gasteiger partial charge in [0.15, 0.2) is 0 Å². The third kappa shape index (κ3) is 4.04. The fraction of sp³-hybridized carbons (Fsp3) is 0.174. The summed E-state index contributed by atoms with van der Waals surface area (Å²) in [5.74, 6) is 1.01. The highest BCUT2D eigenvalue weighted by Crippen LogP contribution is 2.38. The Kier molecular flexibility index (Phi) is 5.63. The highest BCUT2D eigenvalue weighted by atomic mass is 35.5. The standard InChI is InChI=1S/C23H23ClN8/c1-23(2,3)32-19-8-7-14(15-10-28-22(26)29-11-15)9-18(19)31-21(32)16-5-4-6-17(24)20(16)30-13-27-12-25/h4-13H,1-3H3,(H2,25,27,30)(H2,26,28,29). The number of para-hydroxylation sites is 1. The van der Waals surface area contributed by atoms with Crippen LogP contribution in [-0.2, 0) is 5.54 Å². The average Bonchev–Trinajstić information content (AvgIpc) is 3.14. The van der Waals surface area contributed by atoms with Crippen molar-refractivity contribution in [2.24, 2.45) is 4.99 Å². The molecule has 2 aromatic carbocycles. The summed E-state index contributed by atoms with van der Waals surface area (Å²) in [6.45, 7) is 6.40. The third-order valence-corrected chi connectivity index (χ3v) is 5.26. The van der Waals surface area contributed by atoms with Gasteiger partial charge in [0.25, 0.3) is 0 Å². The molecule has 0 bridgehead atoms. The Bertz CT molecular complexity index is 1320. The largest absolute Gasteiger partial charge is 0.368 e. The summed E-state index contributed by atoms with van der Waals surface area (Å²) in [6, 6.07) is 11.7. The number of benzene rings is 2. The minimum atomic E-state index is -0.251. The van der Waals surface area contributed by atoms with Gasteiger partial charge in [-0.15, -0.1) is 0 Å². The summed E-state index contributed by atoms with van der Waals surface area (Å²) in [5.41, 5.74) is 10.5. The van der Waals surface area contributed by atoms with Gasteiger partial charge < -0.3 is 15.6 Å². The lowest BCUT2D eigenvalue weighted by molar-refractivity contribution is 0.413. The van der Waals surface area contributed by atoms with Crippen molar-refractivity contribution in [3.8, 4) is 22.5 Å². The van der Waals surface area contributed by atoms with Crippen LogP contribution < -0.4 is 11.1 Å². The molecule has 2 aromatic heterocycles. The summed E-state index contributed by atoms with van der Waals surface area (Å²) in [5, 5.41) is 10.7. The number of halogens is 1. The number of hydrogen-bond acceptors (Lipinski definition) is 5. The van der Waals surface area contributed by atoms with Crippen LogP contribution in [0, 0.1) is 5.41 Å². The van der Waals surface area contributed by atoms with Crippen LogP contribution in [-0.4, -0.2) is 32.2 Å². The minimum Gasteiger partial charge on any atom is -0.368 e. The van der Waals surface area contributed by atoms with Gasteiger partial charge in [-0.1, -0.05) is 23.7 Å². The lowest BCUT2D eigenvalue weighted by Gasteiger charge is -2.25. The van der Waals surface area contributed by atoms with Gasteiger partial charge >= 0.3 is 0 Å². The highest BCUT2D eigenvalue weighted by Gasteiger charge is 2.24. The fourth-order valence-corrected chi connectivity index (χ4v) is 3.83. The van der Waals surface area contributed by atoms with Crippen LogP contribution in [0.2, 0.25) is 5.02 Å². The van der Waals surface area contributed by atoms with Crippen LogP contribution in [0.4, 0.5) is 11.6 Å². The molecule has 0 fully saturated rings. The molecule has 0 aliphatic rings. The lowest BCUT2D eigenvalue weighted by atomic mass is 10.1. The molecule has 162 valence electrons. The van der Waals surface area contributed by atoms with Crippen LogP contribution in [0.15, 0.2) is 53.8 Å². The summed E-state index contributed by atoms with van der Waals surface area (Å²) in [7, 11) is 0. The average molecular weight is 447 g/mol. The Morgan fingerprint density at radius 2 is 1.88 bits per heavy atom. The van der Waals surface area contributed by atoms with E-state index in [1.807, 2.05) is 24.3 Å². The number of nitrogens with two attached hydrogens (primary N) is 1. The molecule has 0 amide bonds. The van der Waals surface area contributed by atoms with Crippen molar-refractivity contribution in [3.05, 3.63) is 53.8 Å². The van der Waals surface area contributed by atoms with Gasteiger partial charge in [0.1, 0.15) is 12.2 Å². The van der Waals surface area contributed by atoms with Crippen LogP contribution in [0.5, 0.6) is 0 Å². The van der Waals surface area contributed by atoms with Crippen molar-refractivity contribution in [2.45, 2.75) is 26.3 Å². The van der Waals surface area contributed by atoms with E-state index in [-0.39, 0.29) is 11.5 Å². The summed E-state index contributed by atoms with van der Waals surface area (Å²) in [6.07, 6.45) is 5.79. The monoisotopic (exact) mass is 446 g/mol. The Labute approximate surface area is 190 Å². The molecule has 9 heteroatoms. The lowest BCUT2D eigenvalue weighted by Crippen LogP contribution is -2.22. The third-order valence-electron chi connectivity index (χ3n) is 4.94. The first-order valence-corrected chi connectivity index (χ1v) is 10.3. The minimum absolute atomic E-state index is 0.238. The molecule has 4 N–H and O–H groups in total. The molecule has 4 aromatic rings. The predicted molar refractivity (Wildman–Crippen MR) is 132 cm³/mol. The molecular formula is C23H23ClN8. The first-order chi connectivity index (χ1) is 15.3. The van der Waals surface area contributed by atoms with E-state index >= 15 is 0 Å². The van der Waals surface area contributed by atoms with E-state index in [9.17, 15) is 0 Å². The quantitative estimate of drug-likeness (QED) is 0.287. The first kappa shape index (κ1) is 21.5. The van der Waals surface area contributed by atoms with Crippen LogP contribution in [0.25, 0.3) is 33.5 Å². The number of hydrogen-bond donors (Lipinski definition) is 3. The van der Waals surface area contributed by atoms with Gasteiger partial charge in [0.05, 0.1) is 28.1 Å². The smallest absolute Gasteiger partial charge is 0.219 e. The van der Waals surface area contributed by atoms with E-state index in [0.717, 1.165) is 39.9 Å². The first-order valence-electron chi connectivity index (χ1n) is 9.96. The molecular weight excluding hydrogens is 424 g/mol. The molecule has 0 saturated carbocycles. The van der Waals surface area contributed by atoms with Gasteiger partial charge in [-0.05, 0) is 50.6 Å².